The lowest BCUT2D eigenvalue weighted by atomic mass is 10.1. The molecule has 136 valence electrons. The predicted molar refractivity (Wildman–Crippen MR) is 103 cm³/mol. The number of carbonyl (C=O) groups excluding carboxylic acids is 2. The Kier molecular flexibility index (Phi) is 5.12. The third-order valence-corrected chi connectivity index (χ3v) is 3.94. The average molecular weight is 362 g/mol. The first-order valence-corrected chi connectivity index (χ1v) is 8.18. The maximum absolute atomic E-state index is 12.7. The molecule has 7 heteroatoms. The normalized spacial score (nSPS) is 10.3. The lowest BCUT2D eigenvalue weighted by Crippen LogP contribution is -2.17. The number of anilines is 2. The molecule has 1 heterocycles. The summed E-state index contributed by atoms with van der Waals surface area (Å²) in [6.45, 7) is 1.49. The molecule has 1 aromatic heterocycles. The van der Waals surface area contributed by atoms with E-state index in [1.165, 1.54) is 20.2 Å². The highest BCUT2D eigenvalue weighted by Gasteiger charge is 2.17. The minimum absolute atomic E-state index is 0.00775. The fraction of sp³-hybridized carbons (Fsp3) is 0.100. The number of para-hydroxylation sites is 2. The number of methoxy groups -OCH3 is 1. The molecular weight excluding hydrogens is 344 g/mol. The number of rotatable bonds is 5. The Morgan fingerprint density at radius 2 is 1.89 bits per heavy atom. The lowest BCUT2D eigenvalue weighted by molar-refractivity contribution is 0.101. The Bertz CT molecular complexity index is 1020. The summed E-state index contributed by atoms with van der Waals surface area (Å²) in [5.74, 6) is -0.0416. The van der Waals surface area contributed by atoms with Crippen molar-refractivity contribution in [1.82, 2.24) is 9.97 Å². The fourth-order valence-corrected chi connectivity index (χ4v) is 2.53. The predicted octanol–water partition coefficient (Wildman–Crippen LogP) is 3.19. The summed E-state index contributed by atoms with van der Waals surface area (Å²) in [6.07, 6.45) is 1.47. The van der Waals surface area contributed by atoms with Gasteiger partial charge in [-0.15, -0.1) is 0 Å². The molecule has 0 fully saturated rings. The van der Waals surface area contributed by atoms with E-state index in [0.29, 0.717) is 28.3 Å². The number of carbonyl (C=O) groups is 2. The maximum atomic E-state index is 12.7. The molecule has 3 aromatic rings. The van der Waals surface area contributed by atoms with Gasteiger partial charge in [0.1, 0.15) is 5.75 Å². The van der Waals surface area contributed by atoms with E-state index in [1.807, 2.05) is 0 Å². The van der Waals surface area contributed by atoms with Crippen LogP contribution >= 0.6 is 0 Å². The molecule has 27 heavy (non-hydrogen) atoms. The molecule has 0 saturated heterocycles. The fourth-order valence-electron chi connectivity index (χ4n) is 2.53. The van der Waals surface area contributed by atoms with Gasteiger partial charge in [0.25, 0.3) is 5.91 Å². The van der Waals surface area contributed by atoms with E-state index in [4.69, 9.17) is 10.5 Å². The van der Waals surface area contributed by atoms with Crippen LogP contribution in [0, 0.1) is 0 Å². The van der Waals surface area contributed by atoms with Gasteiger partial charge >= 0.3 is 0 Å². The molecule has 7 nitrogen and oxygen atoms in total. The Labute approximate surface area is 156 Å². The molecule has 0 spiro atoms. The Hall–Kier alpha value is -3.74. The van der Waals surface area contributed by atoms with Gasteiger partial charge in [0.15, 0.2) is 17.3 Å². The van der Waals surface area contributed by atoms with Crippen molar-refractivity contribution in [1.29, 1.82) is 0 Å². The summed E-state index contributed by atoms with van der Waals surface area (Å²) < 4.78 is 5.23. The molecule has 1 amide bonds. The van der Waals surface area contributed by atoms with E-state index >= 15 is 0 Å². The SMILES string of the molecule is COc1ccccc1NC(=O)c1nc(-c2cccc(C(C)=O)c2)cnc1N. The molecule has 2 aromatic carbocycles. The van der Waals surface area contributed by atoms with E-state index in [0.717, 1.165) is 0 Å². The third-order valence-electron chi connectivity index (χ3n) is 3.94. The number of hydrogen-bond donors (Lipinski definition) is 2. The van der Waals surface area contributed by atoms with Crippen LogP contribution in [0.3, 0.4) is 0 Å². The van der Waals surface area contributed by atoms with Crippen LogP contribution in [-0.2, 0) is 0 Å². The van der Waals surface area contributed by atoms with Crippen molar-refractivity contribution in [2.75, 3.05) is 18.2 Å². The second kappa shape index (κ2) is 7.65. The number of nitrogens with zero attached hydrogens (tertiary/aromatic N) is 2. The molecule has 3 N–H and O–H groups in total. The zero-order valence-electron chi connectivity index (χ0n) is 14.9. The Balaban J connectivity index is 1.95. The van der Waals surface area contributed by atoms with Crippen LogP contribution in [0.4, 0.5) is 11.5 Å². The topological polar surface area (TPSA) is 107 Å². The van der Waals surface area contributed by atoms with E-state index in [-0.39, 0.29) is 17.3 Å². The summed E-state index contributed by atoms with van der Waals surface area (Å²) in [4.78, 5) is 32.7. The molecule has 0 aliphatic rings. The summed E-state index contributed by atoms with van der Waals surface area (Å²) in [6, 6.07) is 14.0. The van der Waals surface area contributed by atoms with Crippen molar-refractivity contribution >= 4 is 23.2 Å². The Morgan fingerprint density at radius 1 is 1.11 bits per heavy atom. The van der Waals surface area contributed by atoms with Crippen LogP contribution in [-0.4, -0.2) is 28.8 Å². The quantitative estimate of drug-likeness (QED) is 0.675. The van der Waals surface area contributed by atoms with E-state index in [9.17, 15) is 9.59 Å². The highest BCUT2D eigenvalue weighted by atomic mass is 16.5. The van der Waals surface area contributed by atoms with Crippen LogP contribution in [0.15, 0.2) is 54.7 Å². The second-order valence-corrected chi connectivity index (χ2v) is 5.78. The van der Waals surface area contributed by atoms with Crippen LogP contribution in [0.25, 0.3) is 11.3 Å². The summed E-state index contributed by atoms with van der Waals surface area (Å²) in [7, 11) is 1.52. The van der Waals surface area contributed by atoms with Crippen molar-refractivity contribution in [2.45, 2.75) is 6.92 Å². The zero-order chi connectivity index (χ0) is 19.4. The maximum Gasteiger partial charge on any atom is 0.278 e. The van der Waals surface area contributed by atoms with Gasteiger partial charge < -0.3 is 15.8 Å². The van der Waals surface area contributed by atoms with Crippen molar-refractivity contribution in [3.05, 3.63) is 66.0 Å². The first-order valence-electron chi connectivity index (χ1n) is 8.18. The lowest BCUT2D eigenvalue weighted by Gasteiger charge is -2.11. The smallest absolute Gasteiger partial charge is 0.278 e. The molecule has 0 aliphatic heterocycles. The molecule has 0 unspecified atom stereocenters. The number of aromatic nitrogens is 2. The van der Waals surface area contributed by atoms with E-state index in [2.05, 4.69) is 15.3 Å². The minimum atomic E-state index is -0.505. The highest BCUT2D eigenvalue weighted by Crippen LogP contribution is 2.25. The van der Waals surface area contributed by atoms with Gasteiger partial charge in [-0.2, -0.15) is 0 Å². The van der Waals surface area contributed by atoms with Crippen molar-refractivity contribution < 1.29 is 14.3 Å². The highest BCUT2D eigenvalue weighted by molar-refractivity contribution is 6.06. The molecule has 0 atom stereocenters. The first kappa shape index (κ1) is 18.1. The zero-order valence-corrected chi connectivity index (χ0v) is 14.9. The number of hydrogen-bond acceptors (Lipinski definition) is 6. The Morgan fingerprint density at radius 3 is 2.63 bits per heavy atom. The number of amides is 1. The number of benzene rings is 2. The number of nitrogens with one attached hydrogen (secondary N) is 1. The van der Waals surface area contributed by atoms with Gasteiger partial charge in [-0.3, -0.25) is 9.59 Å². The number of nitrogens with two attached hydrogens (primary N) is 1. The van der Waals surface area contributed by atoms with Gasteiger partial charge in [0.05, 0.1) is 24.7 Å². The van der Waals surface area contributed by atoms with Gasteiger partial charge in [-0.1, -0.05) is 30.3 Å². The van der Waals surface area contributed by atoms with Crippen molar-refractivity contribution in [3.63, 3.8) is 0 Å². The number of nitrogen functional groups attached to an aromatic ring is 1. The second-order valence-electron chi connectivity index (χ2n) is 5.78. The van der Waals surface area contributed by atoms with Crippen molar-refractivity contribution in [2.24, 2.45) is 0 Å². The minimum Gasteiger partial charge on any atom is -0.495 e. The number of ether oxygens (including phenoxy) is 1. The molecule has 0 saturated carbocycles. The molecule has 0 bridgehead atoms. The van der Waals surface area contributed by atoms with Crippen LogP contribution in [0.2, 0.25) is 0 Å². The third kappa shape index (κ3) is 3.92. The van der Waals surface area contributed by atoms with Gasteiger partial charge in [-0.25, -0.2) is 9.97 Å². The van der Waals surface area contributed by atoms with Gasteiger partial charge in [0.2, 0.25) is 0 Å². The van der Waals surface area contributed by atoms with Gasteiger partial charge in [-0.05, 0) is 25.1 Å². The van der Waals surface area contributed by atoms with Crippen molar-refractivity contribution in [3.8, 4) is 17.0 Å². The number of ketones is 1. The van der Waals surface area contributed by atoms with Gasteiger partial charge in [0, 0.05) is 11.1 Å². The standard InChI is InChI=1S/C20H18N4O3/c1-12(25)13-6-5-7-14(10-13)16-11-22-19(21)18(23-16)20(26)24-15-8-3-4-9-17(15)27-2/h3-11H,1-2H3,(H2,21,22)(H,24,26). The first-order chi connectivity index (χ1) is 13.0. The summed E-state index contributed by atoms with van der Waals surface area (Å²) in [5.41, 5.74) is 8.00. The molecule has 0 aliphatic carbocycles. The monoisotopic (exact) mass is 362 g/mol. The molecular formula is C20H18N4O3. The largest absolute Gasteiger partial charge is 0.495 e. The van der Waals surface area contributed by atoms with Crippen LogP contribution < -0.4 is 15.8 Å². The van der Waals surface area contributed by atoms with E-state index < -0.39 is 5.91 Å². The summed E-state index contributed by atoms with van der Waals surface area (Å²) >= 11 is 0. The molecule has 0 radical (unpaired) electrons. The summed E-state index contributed by atoms with van der Waals surface area (Å²) in [5, 5.41) is 2.73. The van der Waals surface area contributed by atoms with Crippen LogP contribution in [0.1, 0.15) is 27.8 Å². The number of Topliss-reactive ketones (excluding diaryl/α,β-unsaturated/α-hetero) is 1. The molecule has 3 rings (SSSR count). The van der Waals surface area contributed by atoms with Crippen LogP contribution in [0.5, 0.6) is 5.75 Å². The van der Waals surface area contributed by atoms with E-state index in [1.54, 1.807) is 48.5 Å². The average Bonchev–Trinajstić information content (AvgIpc) is 2.68.